The molecule has 1 saturated heterocycles. The van der Waals surface area contributed by atoms with E-state index in [0.717, 1.165) is 120 Å². The fourth-order valence-electron chi connectivity index (χ4n) is 12.2. The smallest absolute Gasteiger partial charge is 0.490 e. The summed E-state index contributed by atoms with van der Waals surface area (Å²) in [6.45, 7) is 6.04. The zero-order valence-corrected chi connectivity index (χ0v) is 46.4. The SMILES string of the molecule is CC(=O)Oc1ccc2c(C3CCCCC3)c3n(c2c1)CCOc1c(-c2cccnc2)cccc1-3.CC(=O)Oc1ccc2c(C3CCCCC3)c3n(c2c1)CCOc1c(OS(=O)(=O)C(F)(F)F)cccc1-3.c1cncc(B2OCCCO2)c1. The van der Waals surface area contributed by atoms with Gasteiger partial charge in [0.25, 0.3) is 0 Å². The number of halogens is 3. The minimum absolute atomic E-state index is 0.0517. The van der Waals surface area contributed by atoms with Crippen molar-refractivity contribution < 1.29 is 63.6 Å². The molecule has 426 valence electrons. The lowest BCUT2D eigenvalue weighted by molar-refractivity contribution is -0.132. The minimum atomic E-state index is -5.88. The third-order valence-electron chi connectivity index (χ3n) is 15.6. The van der Waals surface area contributed by atoms with Crippen molar-refractivity contribution in [1.82, 2.24) is 19.1 Å². The van der Waals surface area contributed by atoms with Gasteiger partial charge in [-0.2, -0.15) is 21.6 Å². The molecule has 4 aromatic carbocycles. The van der Waals surface area contributed by atoms with Crippen molar-refractivity contribution in [3.63, 3.8) is 0 Å². The van der Waals surface area contributed by atoms with Crippen molar-refractivity contribution >= 4 is 56.4 Å². The Kier molecular flexibility index (Phi) is 16.7. The lowest BCUT2D eigenvalue weighted by atomic mass is 9.79. The average molecular weight is 1140 g/mol. The molecule has 0 atom stereocenters. The van der Waals surface area contributed by atoms with Crippen LogP contribution in [-0.4, -0.2) is 78.5 Å². The number of rotatable bonds is 8. The first-order valence-electron chi connectivity index (χ1n) is 28.0. The summed E-state index contributed by atoms with van der Waals surface area (Å²) in [5.41, 5.74) is 5.48. The number of carbonyl (C=O) groups is 2. The van der Waals surface area contributed by atoms with Crippen LogP contribution in [0.4, 0.5) is 13.2 Å². The quantitative estimate of drug-likeness (QED) is 0.0464. The second kappa shape index (κ2) is 24.4. The van der Waals surface area contributed by atoms with Crippen LogP contribution in [0.5, 0.6) is 28.7 Å². The van der Waals surface area contributed by atoms with Crippen molar-refractivity contribution in [2.75, 3.05) is 26.4 Å². The maximum absolute atomic E-state index is 13.1. The Morgan fingerprint density at radius 2 is 1.11 bits per heavy atom. The van der Waals surface area contributed by atoms with Gasteiger partial charge in [-0.15, -0.1) is 0 Å². The van der Waals surface area contributed by atoms with Gasteiger partial charge in [-0.3, -0.25) is 19.6 Å². The number of nitrogens with zero attached hydrogens (tertiary/aromatic N) is 4. The Morgan fingerprint density at radius 3 is 1.62 bits per heavy atom. The monoisotopic (exact) mass is 1140 g/mol. The first kappa shape index (κ1) is 56.2. The van der Waals surface area contributed by atoms with Gasteiger partial charge in [0, 0.05) is 102 Å². The fraction of sp³-hybridized carbons (Fsp3) is 0.355. The lowest BCUT2D eigenvalue weighted by Crippen LogP contribution is -2.40. The zero-order chi connectivity index (χ0) is 57.0. The fourth-order valence-corrected chi connectivity index (χ4v) is 12.7. The van der Waals surface area contributed by atoms with Crippen LogP contribution in [0.3, 0.4) is 0 Å². The van der Waals surface area contributed by atoms with Crippen molar-refractivity contribution in [2.24, 2.45) is 0 Å². The minimum Gasteiger partial charge on any atom is -0.490 e. The van der Waals surface area contributed by atoms with Gasteiger partial charge in [-0.25, -0.2) is 0 Å². The molecule has 0 amide bonds. The summed E-state index contributed by atoms with van der Waals surface area (Å²) in [7, 11) is -6.08. The molecule has 0 N–H and O–H groups in total. The number of carbonyl (C=O) groups excluding carboxylic acids is 2. The highest BCUT2D eigenvalue weighted by atomic mass is 32.2. The van der Waals surface area contributed by atoms with Crippen LogP contribution >= 0.6 is 0 Å². The maximum atomic E-state index is 13.1. The molecule has 7 heterocycles. The highest BCUT2D eigenvalue weighted by Crippen LogP contribution is 2.52. The normalized spacial score (nSPS) is 16.4. The van der Waals surface area contributed by atoms with Gasteiger partial charge in [0.15, 0.2) is 11.5 Å². The van der Waals surface area contributed by atoms with E-state index in [2.05, 4.69) is 49.0 Å². The molecular formula is C62H62BF3N4O11S. The summed E-state index contributed by atoms with van der Waals surface area (Å²) >= 11 is 0. The number of hydrogen-bond acceptors (Lipinski definition) is 13. The number of esters is 2. The summed E-state index contributed by atoms with van der Waals surface area (Å²) in [4.78, 5) is 31.5. The Morgan fingerprint density at radius 1 is 0.598 bits per heavy atom. The van der Waals surface area contributed by atoms with Crippen LogP contribution < -0.4 is 28.6 Å². The molecule has 0 radical (unpaired) electrons. The van der Waals surface area contributed by atoms with Crippen molar-refractivity contribution in [2.45, 2.75) is 115 Å². The van der Waals surface area contributed by atoms with Crippen LogP contribution in [0, 0.1) is 0 Å². The molecule has 0 spiro atoms. The van der Waals surface area contributed by atoms with Crippen molar-refractivity contribution in [3.8, 4) is 62.4 Å². The number of hydrogen-bond donors (Lipinski definition) is 0. The number of ether oxygens (including phenoxy) is 4. The van der Waals surface area contributed by atoms with E-state index in [9.17, 15) is 31.2 Å². The van der Waals surface area contributed by atoms with E-state index in [-0.39, 0.29) is 31.4 Å². The van der Waals surface area contributed by atoms with Crippen molar-refractivity contribution in [3.05, 3.63) is 133 Å². The van der Waals surface area contributed by atoms with E-state index in [0.29, 0.717) is 36.1 Å². The number of fused-ring (bicyclic) bond motifs is 10. The van der Waals surface area contributed by atoms with Crippen LogP contribution in [0.2, 0.25) is 0 Å². The predicted octanol–water partition coefficient (Wildman–Crippen LogP) is 12.9. The largest absolute Gasteiger partial charge is 0.534 e. The molecule has 3 aliphatic heterocycles. The van der Waals surface area contributed by atoms with Gasteiger partial charge in [0.05, 0.1) is 35.5 Å². The topological polar surface area (TPSA) is 169 Å². The van der Waals surface area contributed by atoms with Crippen molar-refractivity contribution in [1.29, 1.82) is 0 Å². The Bertz CT molecular complexity index is 3730. The van der Waals surface area contributed by atoms with Gasteiger partial charge < -0.3 is 41.6 Å². The summed E-state index contributed by atoms with van der Waals surface area (Å²) < 4.78 is 105. The molecular weight excluding hydrogens is 1080 g/mol. The third kappa shape index (κ3) is 11.8. The average Bonchev–Trinajstić information content (AvgIpc) is 2.91. The molecule has 82 heavy (non-hydrogen) atoms. The first-order valence-corrected chi connectivity index (χ1v) is 29.4. The maximum Gasteiger partial charge on any atom is 0.534 e. The molecule has 3 fully saturated rings. The van der Waals surface area contributed by atoms with Gasteiger partial charge >= 0.3 is 34.7 Å². The van der Waals surface area contributed by atoms with Crippen LogP contribution in [0.25, 0.3) is 55.4 Å². The van der Waals surface area contributed by atoms with Gasteiger partial charge in [-0.05, 0) is 110 Å². The van der Waals surface area contributed by atoms with Gasteiger partial charge in [0.1, 0.15) is 30.5 Å². The third-order valence-corrected chi connectivity index (χ3v) is 16.5. The molecule has 15 nitrogen and oxygen atoms in total. The van der Waals surface area contributed by atoms with E-state index in [4.69, 9.17) is 28.3 Å². The van der Waals surface area contributed by atoms with E-state index < -0.39 is 27.3 Å². The van der Waals surface area contributed by atoms with Gasteiger partial charge in [-0.1, -0.05) is 68.9 Å². The van der Waals surface area contributed by atoms with Crippen LogP contribution in [0.15, 0.2) is 122 Å². The molecule has 0 bridgehead atoms. The molecule has 5 aliphatic rings. The highest BCUT2D eigenvalue weighted by molar-refractivity contribution is 7.88. The number of alkyl halides is 3. The number of para-hydroxylation sites is 2. The number of pyridine rings is 2. The zero-order valence-electron chi connectivity index (χ0n) is 45.6. The molecule has 13 rings (SSSR count). The number of benzene rings is 4. The second-order valence-electron chi connectivity index (χ2n) is 21.0. The predicted molar refractivity (Wildman–Crippen MR) is 305 cm³/mol. The second-order valence-corrected chi connectivity index (χ2v) is 22.5. The molecule has 2 saturated carbocycles. The summed E-state index contributed by atoms with van der Waals surface area (Å²) in [5, 5.41) is 2.22. The van der Waals surface area contributed by atoms with E-state index >= 15 is 0 Å². The van der Waals surface area contributed by atoms with Gasteiger partial charge in [0.2, 0.25) is 0 Å². The van der Waals surface area contributed by atoms with E-state index in [1.165, 1.54) is 68.7 Å². The van der Waals surface area contributed by atoms with Crippen LogP contribution in [-0.2, 0) is 42.1 Å². The Balaban J connectivity index is 0.000000143. The Labute approximate surface area is 473 Å². The Hall–Kier alpha value is -7.68. The summed E-state index contributed by atoms with van der Waals surface area (Å²) in [6.07, 6.45) is 19.6. The molecule has 4 aromatic heterocycles. The molecule has 2 aliphatic carbocycles. The molecule has 20 heteroatoms. The van der Waals surface area contributed by atoms with E-state index in [1.807, 2.05) is 47.2 Å². The lowest BCUT2D eigenvalue weighted by Gasteiger charge is -2.24. The van der Waals surface area contributed by atoms with E-state index in [1.54, 1.807) is 36.8 Å². The summed E-state index contributed by atoms with van der Waals surface area (Å²) in [6, 6.07) is 30.1. The highest BCUT2D eigenvalue weighted by Gasteiger charge is 2.49. The molecule has 0 unspecified atom stereocenters. The molecule has 8 aromatic rings. The van der Waals surface area contributed by atoms with Crippen LogP contribution in [0.1, 0.15) is 107 Å². The summed E-state index contributed by atoms with van der Waals surface area (Å²) in [5.74, 6) is 1.29. The number of aromatic nitrogens is 4. The standard InChI is InChI=1S/C29H28N2O3.C25H24F3NO6S.C8H10BNO2/c1-19(32)34-22-12-13-24-26(17-22)31-15-16-33-29-23(21-9-6-14-30-18-21)10-5-11-25(29)28(31)27(24)20-7-3-2-4-8-20;1-15(30)34-17-10-11-18-20(14-17)29-12-13-33-24-19(23(29)22(18)16-6-3-2-4-7-16)8-5-9-21(24)35-36(31,32)25(26,27)28;1-3-8(7-10-4-1)9-11-5-2-6-12-9/h5-6,9-14,17-18,20H,2-4,7-8,15-16H2,1H3;5,8-11,14,16H,2-4,6-7,12-13H2,1H3;1,3-4,7H,2,5-6H2. The first-order chi connectivity index (χ1) is 39.7.